The van der Waals surface area contributed by atoms with E-state index in [4.69, 9.17) is 4.74 Å². The average Bonchev–Trinajstić information content (AvgIpc) is 2.35. The van der Waals surface area contributed by atoms with Gasteiger partial charge in [-0.25, -0.2) is 8.42 Å². The fourth-order valence-electron chi connectivity index (χ4n) is 2.12. The van der Waals surface area contributed by atoms with Crippen molar-refractivity contribution in [2.24, 2.45) is 0 Å². The minimum Gasteiger partial charge on any atom is -0.380 e. The molecule has 0 fully saturated rings. The largest absolute Gasteiger partial charge is 0.380 e. The minimum atomic E-state index is -2.84. The lowest BCUT2D eigenvalue weighted by Gasteiger charge is -2.26. The van der Waals surface area contributed by atoms with Crippen molar-refractivity contribution < 1.29 is 13.2 Å². The number of ether oxygens (including phenoxy) is 1. The molecule has 2 atom stereocenters. The molecule has 0 aliphatic heterocycles. The van der Waals surface area contributed by atoms with E-state index in [0.717, 1.165) is 25.8 Å². The molecule has 0 aromatic heterocycles. The maximum Gasteiger partial charge on any atom is 0.150 e. The van der Waals surface area contributed by atoms with E-state index in [1.165, 1.54) is 0 Å². The Hall–Kier alpha value is -0.130. The topological polar surface area (TPSA) is 55.4 Å². The smallest absolute Gasteiger partial charge is 0.150 e. The first-order valence-corrected chi connectivity index (χ1v) is 8.79. The van der Waals surface area contributed by atoms with Gasteiger partial charge in [0.1, 0.15) is 9.84 Å². The Labute approximate surface area is 112 Å². The number of sulfone groups is 1. The van der Waals surface area contributed by atoms with Crippen LogP contribution in [0.2, 0.25) is 0 Å². The van der Waals surface area contributed by atoms with Gasteiger partial charge in [0.25, 0.3) is 0 Å². The van der Waals surface area contributed by atoms with Gasteiger partial charge in [0, 0.05) is 18.9 Å². The molecular formula is C13H29NO3S. The molecule has 0 bridgehead atoms. The Morgan fingerprint density at radius 3 is 2.28 bits per heavy atom. The summed E-state index contributed by atoms with van der Waals surface area (Å²) >= 11 is 0. The van der Waals surface area contributed by atoms with Crippen LogP contribution in [0.5, 0.6) is 0 Å². The predicted molar refractivity (Wildman–Crippen MR) is 76.7 cm³/mol. The summed E-state index contributed by atoms with van der Waals surface area (Å²) in [5.74, 6) is 0.523. The van der Waals surface area contributed by atoms with Gasteiger partial charge in [0.2, 0.25) is 0 Å². The molecule has 0 amide bonds. The Morgan fingerprint density at radius 1 is 1.17 bits per heavy atom. The maximum absolute atomic E-state index is 11.5. The Kier molecular flexibility index (Phi) is 9.68. The molecule has 18 heavy (non-hydrogen) atoms. The van der Waals surface area contributed by atoms with Crippen LogP contribution in [0.3, 0.4) is 0 Å². The van der Waals surface area contributed by atoms with E-state index < -0.39 is 9.84 Å². The number of rotatable bonds is 11. The molecular weight excluding hydrogens is 250 g/mol. The van der Waals surface area contributed by atoms with Gasteiger partial charge in [-0.1, -0.05) is 27.2 Å². The molecule has 5 heteroatoms. The van der Waals surface area contributed by atoms with Gasteiger partial charge >= 0.3 is 0 Å². The van der Waals surface area contributed by atoms with Crippen molar-refractivity contribution in [3.05, 3.63) is 0 Å². The molecule has 0 aromatic rings. The molecule has 0 rings (SSSR count). The van der Waals surface area contributed by atoms with Crippen LogP contribution in [0.15, 0.2) is 0 Å². The molecule has 0 saturated heterocycles. The van der Waals surface area contributed by atoms with Gasteiger partial charge in [-0.05, 0) is 25.8 Å². The highest BCUT2D eigenvalue weighted by molar-refractivity contribution is 7.91. The van der Waals surface area contributed by atoms with Crippen LogP contribution < -0.4 is 5.32 Å². The third kappa shape index (κ3) is 7.34. The van der Waals surface area contributed by atoms with Crippen molar-refractivity contribution in [1.29, 1.82) is 0 Å². The van der Waals surface area contributed by atoms with Crippen LogP contribution in [0, 0.1) is 0 Å². The first-order chi connectivity index (χ1) is 8.50. The number of nitrogens with one attached hydrogen (secondary N) is 1. The molecule has 0 heterocycles. The lowest BCUT2D eigenvalue weighted by atomic mass is 10.0. The highest BCUT2D eigenvalue weighted by Crippen LogP contribution is 2.12. The summed E-state index contributed by atoms with van der Waals surface area (Å²) in [7, 11) is -1.11. The zero-order valence-corrected chi connectivity index (χ0v) is 13.1. The summed E-state index contributed by atoms with van der Waals surface area (Å²) in [6, 6.07) is 0.256. The van der Waals surface area contributed by atoms with Crippen LogP contribution in [0.1, 0.15) is 46.5 Å². The van der Waals surface area contributed by atoms with E-state index in [0.29, 0.717) is 6.42 Å². The van der Waals surface area contributed by atoms with Crippen LogP contribution >= 0.6 is 0 Å². The molecule has 0 radical (unpaired) electrons. The minimum absolute atomic E-state index is 0.180. The van der Waals surface area contributed by atoms with Crippen LogP contribution in [-0.4, -0.2) is 45.7 Å². The number of hydrogen-bond donors (Lipinski definition) is 1. The number of methoxy groups -OCH3 is 1. The normalized spacial score (nSPS) is 15.6. The van der Waals surface area contributed by atoms with E-state index in [2.05, 4.69) is 19.2 Å². The van der Waals surface area contributed by atoms with Gasteiger partial charge in [-0.15, -0.1) is 0 Å². The average molecular weight is 279 g/mol. The quantitative estimate of drug-likeness (QED) is 0.628. The van der Waals surface area contributed by atoms with Crippen molar-refractivity contribution in [3.63, 3.8) is 0 Å². The molecule has 110 valence electrons. The molecule has 4 nitrogen and oxygen atoms in total. The second-order valence-electron chi connectivity index (χ2n) is 4.61. The van der Waals surface area contributed by atoms with Crippen LogP contribution in [0.4, 0.5) is 0 Å². The number of hydrogen-bond acceptors (Lipinski definition) is 4. The second-order valence-corrected chi connectivity index (χ2v) is 7.08. The van der Waals surface area contributed by atoms with E-state index in [-0.39, 0.29) is 23.7 Å². The summed E-state index contributed by atoms with van der Waals surface area (Å²) in [5.41, 5.74) is 0. The van der Waals surface area contributed by atoms with Crippen molar-refractivity contribution in [3.8, 4) is 0 Å². The standard InChI is InChI=1S/C13H29NO3S/c1-5-9-13(17-4)12(14-6-2)10-8-11-18(15,16)7-3/h12-14H,5-11H2,1-4H3. The Morgan fingerprint density at radius 2 is 1.83 bits per heavy atom. The Bertz CT molecular complexity index is 291. The second kappa shape index (κ2) is 9.75. The summed E-state index contributed by atoms with van der Waals surface area (Å²) in [5, 5.41) is 3.40. The van der Waals surface area contributed by atoms with Crippen molar-refractivity contribution in [2.75, 3.05) is 25.2 Å². The third-order valence-corrected chi connectivity index (χ3v) is 4.99. The molecule has 1 N–H and O–H groups in total. The molecule has 0 saturated carbocycles. The van der Waals surface area contributed by atoms with Crippen LogP contribution in [0.25, 0.3) is 0 Å². The van der Waals surface area contributed by atoms with Crippen LogP contribution in [-0.2, 0) is 14.6 Å². The zero-order valence-electron chi connectivity index (χ0n) is 12.2. The molecule has 0 aliphatic carbocycles. The monoisotopic (exact) mass is 279 g/mol. The third-order valence-electron chi connectivity index (χ3n) is 3.20. The summed E-state index contributed by atoms with van der Waals surface area (Å²) < 4.78 is 28.4. The first-order valence-electron chi connectivity index (χ1n) is 6.97. The first kappa shape index (κ1) is 17.9. The SMILES string of the molecule is CCCC(OC)C(CCCS(=O)(=O)CC)NCC. The highest BCUT2D eigenvalue weighted by Gasteiger charge is 2.20. The van der Waals surface area contributed by atoms with Gasteiger partial charge in [-0.2, -0.15) is 0 Å². The molecule has 0 aromatic carbocycles. The summed E-state index contributed by atoms with van der Waals surface area (Å²) in [6.07, 6.45) is 3.82. The van der Waals surface area contributed by atoms with E-state index in [9.17, 15) is 8.42 Å². The molecule has 0 aliphatic rings. The van der Waals surface area contributed by atoms with E-state index in [1.807, 2.05) is 0 Å². The molecule has 2 unspecified atom stereocenters. The fourth-order valence-corrected chi connectivity index (χ4v) is 3.01. The van der Waals surface area contributed by atoms with E-state index in [1.54, 1.807) is 14.0 Å². The maximum atomic E-state index is 11.5. The lowest BCUT2D eigenvalue weighted by molar-refractivity contribution is 0.0584. The van der Waals surface area contributed by atoms with Gasteiger partial charge in [0.05, 0.1) is 11.9 Å². The predicted octanol–water partition coefficient (Wildman–Crippen LogP) is 1.99. The summed E-state index contributed by atoms with van der Waals surface area (Å²) in [6.45, 7) is 6.78. The van der Waals surface area contributed by atoms with Gasteiger partial charge < -0.3 is 10.1 Å². The van der Waals surface area contributed by atoms with Crippen molar-refractivity contribution >= 4 is 9.84 Å². The fraction of sp³-hybridized carbons (Fsp3) is 1.00. The highest BCUT2D eigenvalue weighted by atomic mass is 32.2. The number of likely N-dealkylation sites (N-methyl/N-ethyl adjacent to an activating group) is 1. The van der Waals surface area contributed by atoms with Crippen molar-refractivity contribution in [1.82, 2.24) is 5.32 Å². The van der Waals surface area contributed by atoms with Gasteiger partial charge in [-0.3, -0.25) is 0 Å². The van der Waals surface area contributed by atoms with Crippen molar-refractivity contribution in [2.45, 2.75) is 58.6 Å². The lowest BCUT2D eigenvalue weighted by Crippen LogP contribution is -2.41. The Balaban J connectivity index is 4.26. The molecule has 0 spiro atoms. The van der Waals surface area contributed by atoms with E-state index >= 15 is 0 Å². The van der Waals surface area contributed by atoms with Gasteiger partial charge in [0.15, 0.2) is 0 Å². The zero-order chi connectivity index (χ0) is 14.0. The summed E-state index contributed by atoms with van der Waals surface area (Å²) in [4.78, 5) is 0.